The minimum Gasteiger partial charge on any atom is -0.433 e. The fourth-order valence-corrected chi connectivity index (χ4v) is 2.39. The number of amides is 1. The van der Waals surface area contributed by atoms with E-state index in [0.717, 1.165) is 5.69 Å². The summed E-state index contributed by atoms with van der Waals surface area (Å²) in [6, 6.07) is 13.7. The Morgan fingerprint density at radius 3 is 2.54 bits per heavy atom. The maximum Gasteiger partial charge on any atom is 0.387 e. The first-order valence-electron chi connectivity index (χ1n) is 7.33. The Morgan fingerprint density at radius 2 is 1.96 bits per heavy atom. The molecular weight excluding hydrogens is 338 g/mol. The van der Waals surface area contributed by atoms with E-state index >= 15 is 0 Å². The van der Waals surface area contributed by atoms with E-state index in [0.29, 0.717) is 12.2 Å². The summed E-state index contributed by atoms with van der Waals surface area (Å²) in [5.74, 6) is -0.372. The molecule has 24 heavy (non-hydrogen) atoms. The third kappa shape index (κ3) is 5.09. The van der Waals surface area contributed by atoms with E-state index in [9.17, 15) is 13.6 Å². The molecule has 2 aromatic rings. The average molecular weight is 355 g/mol. The number of rotatable bonds is 7. The Kier molecular flexibility index (Phi) is 6.37. The first kappa shape index (κ1) is 18.0. The van der Waals surface area contributed by atoms with Crippen LogP contribution in [0.5, 0.6) is 5.75 Å². The molecule has 0 spiro atoms. The molecule has 0 saturated heterocycles. The largest absolute Gasteiger partial charge is 0.433 e. The van der Waals surface area contributed by atoms with E-state index in [1.807, 2.05) is 42.2 Å². The van der Waals surface area contributed by atoms with Gasteiger partial charge in [0.2, 0.25) is 5.91 Å². The molecule has 0 heterocycles. The lowest BCUT2D eigenvalue weighted by Crippen LogP contribution is -2.33. The Hall–Kier alpha value is -2.34. The van der Waals surface area contributed by atoms with Gasteiger partial charge < -0.3 is 15.0 Å². The summed E-state index contributed by atoms with van der Waals surface area (Å²) < 4.78 is 28.7. The Bertz CT molecular complexity index is 684. The molecular formula is C17H17ClF2N2O2. The highest BCUT2D eigenvalue weighted by atomic mass is 35.5. The predicted molar refractivity (Wildman–Crippen MR) is 91.0 cm³/mol. The summed E-state index contributed by atoms with van der Waals surface area (Å²) in [5.41, 5.74) is 1.35. The molecule has 0 saturated carbocycles. The van der Waals surface area contributed by atoms with Crippen molar-refractivity contribution in [3.63, 3.8) is 0 Å². The fraction of sp³-hybridized carbons (Fsp3) is 0.235. The van der Waals surface area contributed by atoms with Crippen LogP contribution in [0.15, 0.2) is 48.5 Å². The lowest BCUT2D eigenvalue weighted by molar-refractivity contribution is -0.115. The molecule has 0 aliphatic rings. The van der Waals surface area contributed by atoms with Crippen molar-refractivity contribution in [1.29, 1.82) is 0 Å². The molecule has 0 radical (unpaired) electrons. The molecule has 0 fully saturated rings. The van der Waals surface area contributed by atoms with Crippen molar-refractivity contribution in [2.75, 3.05) is 23.3 Å². The van der Waals surface area contributed by atoms with Gasteiger partial charge in [-0.2, -0.15) is 8.78 Å². The summed E-state index contributed by atoms with van der Waals surface area (Å²) in [4.78, 5) is 14.1. The van der Waals surface area contributed by atoms with Gasteiger partial charge in [-0.1, -0.05) is 29.8 Å². The number of nitrogens with zero attached hydrogens (tertiary/aromatic N) is 1. The molecule has 0 aliphatic carbocycles. The highest BCUT2D eigenvalue weighted by molar-refractivity contribution is 6.32. The number of nitrogens with one attached hydrogen (secondary N) is 1. The average Bonchev–Trinajstić information content (AvgIpc) is 2.55. The summed E-state index contributed by atoms with van der Waals surface area (Å²) in [6.07, 6.45) is 0. The normalized spacial score (nSPS) is 10.5. The number of anilines is 2. The van der Waals surface area contributed by atoms with Crippen LogP contribution in [0.2, 0.25) is 5.02 Å². The van der Waals surface area contributed by atoms with Gasteiger partial charge in [0.25, 0.3) is 0 Å². The summed E-state index contributed by atoms with van der Waals surface area (Å²) in [5, 5.41) is 2.69. The van der Waals surface area contributed by atoms with Gasteiger partial charge in [0.15, 0.2) is 0 Å². The van der Waals surface area contributed by atoms with Crippen LogP contribution < -0.4 is 15.0 Å². The molecule has 4 nitrogen and oxygen atoms in total. The van der Waals surface area contributed by atoms with Gasteiger partial charge in [-0.05, 0) is 37.3 Å². The minimum atomic E-state index is -2.95. The van der Waals surface area contributed by atoms with Crippen LogP contribution in [0.1, 0.15) is 6.92 Å². The number of alkyl halides is 2. The van der Waals surface area contributed by atoms with E-state index in [1.54, 1.807) is 0 Å². The molecule has 2 aromatic carbocycles. The topological polar surface area (TPSA) is 41.6 Å². The molecule has 0 atom stereocenters. The molecule has 1 amide bonds. The molecule has 1 N–H and O–H groups in total. The quantitative estimate of drug-likeness (QED) is 0.801. The molecule has 2 rings (SSSR count). The van der Waals surface area contributed by atoms with Crippen LogP contribution >= 0.6 is 11.6 Å². The van der Waals surface area contributed by atoms with Gasteiger partial charge in [0.1, 0.15) is 5.75 Å². The number of carbonyl (C=O) groups is 1. The maximum atomic E-state index is 12.2. The van der Waals surface area contributed by atoms with E-state index in [2.05, 4.69) is 10.1 Å². The van der Waals surface area contributed by atoms with E-state index in [4.69, 9.17) is 11.6 Å². The van der Waals surface area contributed by atoms with E-state index in [-0.39, 0.29) is 23.2 Å². The Labute approximate surface area is 144 Å². The third-order valence-corrected chi connectivity index (χ3v) is 3.56. The number of ether oxygens (including phenoxy) is 1. The second-order valence-corrected chi connectivity index (χ2v) is 5.33. The van der Waals surface area contributed by atoms with Gasteiger partial charge in [-0.25, -0.2) is 0 Å². The molecule has 128 valence electrons. The second-order valence-electron chi connectivity index (χ2n) is 4.92. The predicted octanol–water partition coefficient (Wildman–Crippen LogP) is 4.41. The van der Waals surface area contributed by atoms with E-state index < -0.39 is 6.61 Å². The van der Waals surface area contributed by atoms with Crippen LogP contribution in [0.3, 0.4) is 0 Å². The zero-order valence-corrected chi connectivity index (χ0v) is 13.8. The van der Waals surface area contributed by atoms with Crippen molar-refractivity contribution < 1.29 is 18.3 Å². The minimum absolute atomic E-state index is 0.00325. The van der Waals surface area contributed by atoms with Crippen LogP contribution in [-0.2, 0) is 4.79 Å². The number of likely N-dealkylation sites (N-methyl/N-ethyl adjacent to an activating group) is 1. The molecule has 0 unspecified atom stereocenters. The van der Waals surface area contributed by atoms with Crippen LogP contribution in [0.4, 0.5) is 20.2 Å². The highest BCUT2D eigenvalue weighted by Crippen LogP contribution is 2.29. The Balaban J connectivity index is 2.00. The van der Waals surface area contributed by atoms with Gasteiger partial charge in [-0.15, -0.1) is 0 Å². The number of benzene rings is 2. The van der Waals surface area contributed by atoms with E-state index in [1.165, 1.54) is 18.2 Å². The van der Waals surface area contributed by atoms with Crippen molar-refractivity contribution in [2.45, 2.75) is 13.5 Å². The standard InChI is InChI=1S/C17H17ClF2N2O2/c1-2-22(13-6-4-3-5-7-13)11-16(23)21-12-8-9-15(14(18)10-12)24-17(19)20/h3-10,17H,2,11H2,1H3,(H,21,23). The summed E-state index contributed by atoms with van der Waals surface area (Å²) in [7, 11) is 0. The van der Waals surface area contributed by atoms with Gasteiger partial charge in [0.05, 0.1) is 11.6 Å². The molecule has 7 heteroatoms. The number of hydrogen-bond acceptors (Lipinski definition) is 3. The number of halogens is 3. The highest BCUT2D eigenvalue weighted by Gasteiger charge is 2.12. The zero-order chi connectivity index (χ0) is 17.5. The summed E-state index contributed by atoms with van der Waals surface area (Å²) >= 11 is 5.87. The van der Waals surface area contributed by atoms with Crippen LogP contribution in [-0.4, -0.2) is 25.6 Å². The van der Waals surface area contributed by atoms with Crippen molar-refractivity contribution in [2.24, 2.45) is 0 Å². The lowest BCUT2D eigenvalue weighted by atomic mass is 10.2. The van der Waals surface area contributed by atoms with Crippen molar-refractivity contribution >= 4 is 28.9 Å². The van der Waals surface area contributed by atoms with Crippen molar-refractivity contribution in [3.8, 4) is 5.75 Å². The zero-order valence-electron chi connectivity index (χ0n) is 13.0. The van der Waals surface area contributed by atoms with Gasteiger partial charge in [0, 0.05) is 17.9 Å². The first-order valence-corrected chi connectivity index (χ1v) is 7.71. The number of carbonyl (C=O) groups excluding carboxylic acids is 1. The monoisotopic (exact) mass is 354 g/mol. The summed E-state index contributed by atoms with van der Waals surface area (Å²) in [6.45, 7) is -0.174. The van der Waals surface area contributed by atoms with Gasteiger partial charge >= 0.3 is 6.61 Å². The van der Waals surface area contributed by atoms with Crippen LogP contribution in [0.25, 0.3) is 0 Å². The smallest absolute Gasteiger partial charge is 0.387 e. The van der Waals surface area contributed by atoms with Crippen LogP contribution in [0, 0.1) is 0 Å². The molecule has 0 aliphatic heterocycles. The molecule has 0 aromatic heterocycles. The SMILES string of the molecule is CCN(CC(=O)Nc1ccc(OC(F)F)c(Cl)c1)c1ccccc1. The lowest BCUT2D eigenvalue weighted by Gasteiger charge is -2.22. The first-order chi connectivity index (χ1) is 11.5. The fourth-order valence-electron chi connectivity index (χ4n) is 2.17. The Morgan fingerprint density at radius 1 is 1.25 bits per heavy atom. The van der Waals surface area contributed by atoms with Crippen molar-refractivity contribution in [1.82, 2.24) is 0 Å². The number of hydrogen-bond donors (Lipinski definition) is 1. The maximum absolute atomic E-state index is 12.2. The second kappa shape index (κ2) is 8.49. The molecule has 0 bridgehead atoms. The van der Waals surface area contributed by atoms with Gasteiger partial charge in [-0.3, -0.25) is 4.79 Å². The van der Waals surface area contributed by atoms with Crippen molar-refractivity contribution in [3.05, 3.63) is 53.6 Å². The third-order valence-electron chi connectivity index (χ3n) is 3.27. The number of para-hydroxylation sites is 1.